The molecule has 0 amide bonds. The van der Waals surface area contributed by atoms with Crippen LogP contribution in [0.2, 0.25) is 0 Å². The van der Waals surface area contributed by atoms with Gasteiger partial charge < -0.3 is 9.47 Å². The summed E-state index contributed by atoms with van der Waals surface area (Å²) in [6, 6.07) is 14.4. The van der Waals surface area contributed by atoms with Crippen molar-refractivity contribution in [1.82, 2.24) is 9.88 Å². The Morgan fingerprint density at radius 2 is 2.04 bits per heavy atom. The quantitative estimate of drug-likeness (QED) is 0.780. The van der Waals surface area contributed by atoms with E-state index in [1.54, 1.807) is 7.11 Å². The zero-order valence-electron chi connectivity index (χ0n) is 14.4. The van der Waals surface area contributed by atoms with Crippen LogP contribution in [0.1, 0.15) is 24.1 Å². The van der Waals surface area contributed by atoms with Gasteiger partial charge in [-0.1, -0.05) is 18.2 Å². The molecule has 1 atom stereocenters. The number of methoxy groups -OCH3 is 1. The van der Waals surface area contributed by atoms with Gasteiger partial charge in [0.2, 0.25) is 0 Å². The van der Waals surface area contributed by atoms with Crippen LogP contribution in [0, 0.1) is 5.92 Å². The van der Waals surface area contributed by atoms with Crippen molar-refractivity contribution < 1.29 is 9.47 Å². The van der Waals surface area contributed by atoms with Gasteiger partial charge in [-0.15, -0.1) is 0 Å². The van der Waals surface area contributed by atoms with Gasteiger partial charge in [-0.3, -0.25) is 9.88 Å². The molecule has 1 aliphatic rings. The van der Waals surface area contributed by atoms with Crippen molar-refractivity contribution in [3.05, 3.63) is 59.9 Å². The lowest BCUT2D eigenvalue weighted by molar-refractivity contribution is 0.0357. The second kappa shape index (κ2) is 8.81. The van der Waals surface area contributed by atoms with Crippen molar-refractivity contribution in [1.29, 1.82) is 0 Å². The summed E-state index contributed by atoms with van der Waals surface area (Å²) in [6.07, 6.45) is 4.29. The molecule has 0 unspecified atom stereocenters. The molecule has 1 aromatic heterocycles. The van der Waals surface area contributed by atoms with E-state index >= 15 is 0 Å². The molecule has 0 spiro atoms. The molecule has 0 radical (unpaired) electrons. The minimum Gasteiger partial charge on any atom is -0.497 e. The maximum Gasteiger partial charge on any atom is 0.118 e. The molecule has 2 heterocycles. The van der Waals surface area contributed by atoms with Gasteiger partial charge in [0.1, 0.15) is 5.75 Å². The maximum atomic E-state index is 5.65. The van der Waals surface area contributed by atoms with Crippen LogP contribution >= 0.6 is 0 Å². The van der Waals surface area contributed by atoms with Crippen LogP contribution in [-0.2, 0) is 17.8 Å². The zero-order chi connectivity index (χ0) is 16.6. The van der Waals surface area contributed by atoms with Crippen LogP contribution in [-0.4, -0.2) is 36.8 Å². The van der Waals surface area contributed by atoms with Crippen LogP contribution in [0.15, 0.2) is 48.7 Å². The lowest BCUT2D eigenvalue weighted by atomic mass is 10.0. The van der Waals surface area contributed by atoms with E-state index in [9.17, 15) is 0 Å². The summed E-state index contributed by atoms with van der Waals surface area (Å²) >= 11 is 0. The summed E-state index contributed by atoms with van der Waals surface area (Å²) in [5.41, 5.74) is 2.41. The molecule has 1 aliphatic heterocycles. The first kappa shape index (κ1) is 16.9. The standard InChI is InChI=1S/C20H26N2O2/c1-23-20-9-7-17(8-10-20)13-22(14-18-5-4-12-24-16-18)15-19-6-2-3-11-21-19/h2-3,6-11,18H,4-5,12-16H2,1H3/t18-/m1/s1. The summed E-state index contributed by atoms with van der Waals surface area (Å²) < 4.78 is 10.9. The zero-order valence-corrected chi connectivity index (χ0v) is 14.4. The van der Waals surface area contributed by atoms with Crippen molar-refractivity contribution in [3.8, 4) is 5.75 Å². The monoisotopic (exact) mass is 326 g/mol. The average Bonchev–Trinajstić information content (AvgIpc) is 2.64. The van der Waals surface area contributed by atoms with Crippen molar-refractivity contribution >= 4 is 0 Å². The number of hydrogen-bond donors (Lipinski definition) is 0. The Labute approximate surface area is 144 Å². The lowest BCUT2D eigenvalue weighted by Crippen LogP contribution is -2.33. The molecule has 0 saturated carbocycles. The average molecular weight is 326 g/mol. The highest BCUT2D eigenvalue weighted by atomic mass is 16.5. The SMILES string of the molecule is COc1ccc(CN(Cc2ccccn2)C[C@H]2CCCOC2)cc1. The third-order valence-corrected chi connectivity index (χ3v) is 4.45. The number of hydrogen-bond acceptors (Lipinski definition) is 4. The molecule has 1 aromatic carbocycles. The van der Waals surface area contributed by atoms with E-state index < -0.39 is 0 Å². The van der Waals surface area contributed by atoms with Crippen LogP contribution < -0.4 is 4.74 Å². The molecule has 0 aliphatic carbocycles. The Bertz CT molecular complexity index is 595. The van der Waals surface area contributed by atoms with Gasteiger partial charge in [0.15, 0.2) is 0 Å². The minimum atomic E-state index is 0.612. The topological polar surface area (TPSA) is 34.6 Å². The van der Waals surface area contributed by atoms with E-state index in [-0.39, 0.29) is 0 Å². The summed E-state index contributed by atoms with van der Waals surface area (Å²) in [7, 11) is 1.70. The van der Waals surface area contributed by atoms with E-state index in [0.29, 0.717) is 5.92 Å². The molecule has 128 valence electrons. The predicted octanol–water partition coefficient (Wildman–Crippen LogP) is 3.52. The molecular formula is C20H26N2O2. The smallest absolute Gasteiger partial charge is 0.118 e. The van der Waals surface area contributed by atoms with E-state index in [2.05, 4.69) is 34.1 Å². The molecule has 24 heavy (non-hydrogen) atoms. The molecule has 4 heteroatoms. The van der Waals surface area contributed by atoms with E-state index in [0.717, 1.165) is 44.3 Å². The molecule has 2 aromatic rings. The highest BCUT2D eigenvalue weighted by Crippen LogP contribution is 2.19. The molecule has 0 N–H and O–H groups in total. The van der Waals surface area contributed by atoms with Crippen molar-refractivity contribution in [2.75, 3.05) is 26.9 Å². The fourth-order valence-corrected chi connectivity index (χ4v) is 3.21. The molecule has 0 bridgehead atoms. The third kappa shape index (κ3) is 5.05. The fraction of sp³-hybridized carbons (Fsp3) is 0.450. The first-order valence-corrected chi connectivity index (χ1v) is 8.66. The Morgan fingerprint density at radius 3 is 2.71 bits per heavy atom. The minimum absolute atomic E-state index is 0.612. The van der Waals surface area contributed by atoms with E-state index in [1.807, 2.05) is 24.4 Å². The second-order valence-electron chi connectivity index (χ2n) is 6.42. The number of aromatic nitrogens is 1. The number of rotatable bonds is 7. The van der Waals surface area contributed by atoms with Crippen LogP contribution in [0.4, 0.5) is 0 Å². The van der Waals surface area contributed by atoms with Crippen LogP contribution in [0.25, 0.3) is 0 Å². The summed E-state index contributed by atoms with van der Waals surface area (Å²) in [5.74, 6) is 1.51. The highest BCUT2D eigenvalue weighted by molar-refractivity contribution is 5.27. The molecule has 1 saturated heterocycles. The van der Waals surface area contributed by atoms with Gasteiger partial charge in [-0.05, 0) is 48.6 Å². The van der Waals surface area contributed by atoms with E-state index in [1.165, 1.54) is 18.4 Å². The van der Waals surface area contributed by atoms with Crippen molar-refractivity contribution in [3.63, 3.8) is 0 Å². The van der Waals surface area contributed by atoms with Gasteiger partial charge in [-0.25, -0.2) is 0 Å². The van der Waals surface area contributed by atoms with Crippen molar-refractivity contribution in [2.45, 2.75) is 25.9 Å². The van der Waals surface area contributed by atoms with E-state index in [4.69, 9.17) is 9.47 Å². The number of ether oxygens (including phenoxy) is 2. The Kier molecular flexibility index (Phi) is 6.21. The van der Waals surface area contributed by atoms with Crippen LogP contribution in [0.5, 0.6) is 5.75 Å². The Hall–Kier alpha value is -1.91. The Balaban J connectivity index is 1.67. The molecule has 3 rings (SSSR count). The summed E-state index contributed by atoms with van der Waals surface area (Å²) in [5, 5.41) is 0. The second-order valence-corrected chi connectivity index (χ2v) is 6.42. The first-order valence-electron chi connectivity index (χ1n) is 8.66. The third-order valence-electron chi connectivity index (χ3n) is 4.45. The number of benzene rings is 1. The van der Waals surface area contributed by atoms with Gasteiger partial charge >= 0.3 is 0 Å². The molecule has 4 nitrogen and oxygen atoms in total. The summed E-state index contributed by atoms with van der Waals surface area (Å²) in [4.78, 5) is 6.96. The molecule has 1 fully saturated rings. The van der Waals surface area contributed by atoms with Gasteiger partial charge in [0.25, 0.3) is 0 Å². The highest BCUT2D eigenvalue weighted by Gasteiger charge is 2.18. The number of pyridine rings is 1. The number of nitrogens with zero attached hydrogens (tertiary/aromatic N) is 2. The van der Waals surface area contributed by atoms with Gasteiger partial charge in [-0.2, -0.15) is 0 Å². The van der Waals surface area contributed by atoms with Crippen LogP contribution in [0.3, 0.4) is 0 Å². The first-order chi connectivity index (χ1) is 11.8. The van der Waals surface area contributed by atoms with Gasteiger partial charge in [0.05, 0.1) is 19.4 Å². The summed E-state index contributed by atoms with van der Waals surface area (Å²) in [6.45, 7) is 4.61. The Morgan fingerprint density at radius 1 is 1.17 bits per heavy atom. The van der Waals surface area contributed by atoms with Gasteiger partial charge in [0, 0.05) is 32.4 Å². The predicted molar refractivity (Wildman–Crippen MR) is 94.9 cm³/mol. The molecular weight excluding hydrogens is 300 g/mol. The lowest BCUT2D eigenvalue weighted by Gasteiger charge is -2.29. The maximum absolute atomic E-state index is 5.65. The van der Waals surface area contributed by atoms with Crippen molar-refractivity contribution in [2.24, 2.45) is 5.92 Å². The normalized spacial score (nSPS) is 17.8. The fourth-order valence-electron chi connectivity index (χ4n) is 3.21. The largest absolute Gasteiger partial charge is 0.497 e.